The number of rotatable bonds is 4. The predicted octanol–water partition coefficient (Wildman–Crippen LogP) is 6.81. The molecule has 2 aliphatic rings. The molecule has 0 unspecified atom stereocenters. The Kier molecular flexibility index (Phi) is 5.67. The summed E-state index contributed by atoms with van der Waals surface area (Å²) in [5.74, 6) is 0.0148. The van der Waals surface area contributed by atoms with E-state index in [0.29, 0.717) is 22.3 Å². The number of hydrogen-bond acceptors (Lipinski definition) is 4. The Morgan fingerprint density at radius 3 is 2.57 bits per heavy atom. The molecule has 0 spiro atoms. The number of nitro groups is 1. The second-order valence-electron chi connectivity index (χ2n) is 9.26. The molecule has 6 nitrogen and oxygen atoms in total. The monoisotopic (exact) mass is 506 g/mol. The summed E-state index contributed by atoms with van der Waals surface area (Å²) in [5, 5.41) is 18.0. The molecular formula is C27H24Cl2N4O2. The SMILES string of the molecule is O=[N+]([O-])c1cc([C@@H]2NC[C@@H](c3ccc(Cl)cc3Cl)c3c2[nH]c2ccccc32)ccc1N1CCCC1. The third-order valence-electron chi connectivity index (χ3n) is 7.25. The summed E-state index contributed by atoms with van der Waals surface area (Å²) < 4.78 is 0. The van der Waals surface area contributed by atoms with Crippen molar-refractivity contribution >= 4 is 45.5 Å². The van der Waals surface area contributed by atoms with Gasteiger partial charge in [-0.3, -0.25) is 10.1 Å². The van der Waals surface area contributed by atoms with Crippen LogP contribution in [0.1, 0.15) is 47.2 Å². The van der Waals surface area contributed by atoms with Gasteiger partial charge >= 0.3 is 0 Å². The Morgan fingerprint density at radius 1 is 1.00 bits per heavy atom. The van der Waals surface area contributed by atoms with Gasteiger partial charge in [0.15, 0.2) is 0 Å². The fraction of sp³-hybridized carbons (Fsp3) is 0.259. The number of benzene rings is 3. The number of nitro benzene ring substituents is 1. The second kappa shape index (κ2) is 8.86. The summed E-state index contributed by atoms with van der Waals surface area (Å²) in [5.41, 5.74) is 5.94. The normalized spacial score (nSPS) is 19.8. The molecule has 3 aromatic carbocycles. The van der Waals surface area contributed by atoms with Crippen molar-refractivity contribution in [1.82, 2.24) is 10.3 Å². The molecule has 2 aliphatic heterocycles. The molecule has 1 aromatic heterocycles. The molecule has 0 amide bonds. The van der Waals surface area contributed by atoms with Gasteiger partial charge in [-0.2, -0.15) is 0 Å². The van der Waals surface area contributed by atoms with Gasteiger partial charge < -0.3 is 15.2 Å². The highest BCUT2D eigenvalue weighted by Gasteiger charge is 2.34. The van der Waals surface area contributed by atoms with E-state index in [0.717, 1.165) is 53.7 Å². The highest BCUT2D eigenvalue weighted by atomic mass is 35.5. The molecular weight excluding hydrogens is 483 g/mol. The van der Waals surface area contributed by atoms with Gasteiger partial charge in [0, 0.05) is 58.3 Å². The molecule has 1 fully saturated rings. The minimum absolute atomic E-state index is 0.0148. The van der Waals surface area contributed by atoms with E-state index in [1.807, 2.05) is 36.4 Å². The molecule has 35 heavy (non-hydrogen) atoms. The van der Waals surface area contributed by atoms with Crippen LogP contribution in [0.15, 0.2) is 60.7 Å². The smallest absolute Gasteiger partial charge is 0.292 e. The Morgan fingerprint density at radius 2 is 1.80 bits per heavy atom. The summed E-state index contributed by atoms with van der Waals surface area (Å²) >= 11 is 12.8. The van der Waals surface area contributed by atoms with Crippen LogP contribution < -0.4 is 10.2 Å². The first-order valence-electron chi connectivity index (χ1n) is 11.8. The molecule has 0 aliphatic carbocycles. The molecule has 6 rings (SSSR count). The van der Waals surface area contributed by atoms with Crippen LogP contribution in [-0.4, -0.2) is 29.5 Å². The maximum absolute atomic E-state index is 12.0. The van der Waals surface area contributed by atoms with E-state index < -0.39 is 0 Å². The fourth-order valence-electron chi connectivity index (χ4n) is 5.65. The van der Waals surface area contributed by atoms with Crippen molar-refractivity contribution in [1.29, 1.82) is 0 Å². The zero-order chi connectivity index (χ0) is 24.1. The number of nitrogens with one attached hydrogen (secondary N) is 2. The first-order chi connectivity index (χ1) is 17.0. The fourth-order valence-corrected chi connectivity index (χ4v) is 6.19. The van der Waals surface area contributed by atoms with Crippen LogP contribution in [0.4, 0.5) is 11.4 Å². The van der Waals surface area contributed by atoms with Gasteiger partial charge in [-0.15, -0.1) is 0 Å². The quantitative estimate of drug-likeness (QED) is 0.235. The van der Waals surface area contributed by atoms with Crippen LogP contribution in [0.5, 0.6) is 0 Å². The van der Waals surface area contributed by atoms with E-state index in [2.05, 4.69) is 27.3 Å². The number of aromatic amines is 1. The standard InChI is InChI=1S/C27H24Cl2N4O2/c28-17-8-9-18(21(29)14-17)20-15-30-26(27-25(20)19-5-1-2-6-22(19)31-27)16-7-10-23(24(13-16)33(34)35)32-11-3-4-12-32/h1-2,5-10,13-14,20,26,30-31H,3-4,11-12,15H2/t20-,26-/m0/s1. The number of H-pyrrole nitrogens is 1. The van der Waals surface area contributed by atoms with E-state index in [1.165, 1.54) is 5.56 Å². The summed E-state index contributed by atoms with van der Waals surface area (Å²) in [4.78, 5) is 17.5. The number of para-hydroxylation sites is 1. The van der Waals surface area contributed by atoms with Gasteiger partial charge in [0.1, 0.15) is 5.69 Å². The van der Waals surface area contributed by atoms with Crippen molar-refractivity contribution < 1.29 is 4.92 Å². The lowest BCUT2D eigenvalue weighted by Gasteiger charge is -2.32. The van der Waals surface area contributed by atoms with E-state index in [9.17, 15) is 10.1 Å². The zero-order valence-electron chi connectivity index (χ0n) is 18.9. The van der Waals surface area contributed by atoms with E-state index in [-0.39, 0.29) is 22.6 Å². The second-order valence-corrected chi connectivity index (χ2v) is 10.1. The molecule has 4 aromatic rings. The topological polar surface area (TPSA) is 74.2 Å². The molecule has 0 radical (unpaired) electrons. The minimum atomic E-state index is -0.262. The first-order valence-corrected chi connectivity index (χ1v) is 12.6. The summed E-state index contributed by atoms with van der Waals surface area (Å²) in [6, 6.07) is 19.3. The Balaban J connectivity index is 1.48. The van der Waals surface area contributed by atoms with Crippen LogP contribution in [0.2, 0.25) is 10.0 Å². The molecule has 178 valence electrons. The lowest BCUT2D eigenvalue weighted by atomic mass is 9.83. The zero-order valence-corrected chi connectivity index (χ0v) is 20.4. The van der Waals surface area contributed by atoms with Crippen LogP contribution in [0.3, 0.4) is 0 Å². The van der Waals surface area contributed by atoms with Crippen LogP contribution >= 0.6 is 23.2 Å². The van der Waals surface area contributed by atoms with Gasteiger partial charge in [-0.1, -0.05) is 53.5 Å². The summed E-state index contributed by atoms with van der Waals surface area (Å²) in [7, 11) is 0. The van der Waals surface area contributed by atoms with E-state index in [1.54, 1.807) is 12.1 Å². The molecule has 0 bridgehead atoms. The van der Waals surface area contributed by atoms with Crippen molar-refractivity contribution in [3.63, 3.8) is 0 Å². The van der Waals surface area contributed by atoms with Crippen LogP contribution in [-0.2, 0) is 0 Å². The van der Waals surface area contributed by atoms with Crippen molar-refractivity contribution in [3.8, 4) is 0 Å². The van der Waals surface area contributed by atoms with Gasteiger partial charge in [0.25, 0.3) is 5.69 Å². The van der Waals surface area contributed by atoms with Crippen molar-refractivity contribution in [3.05, 3.63) is 103 Å². The molecule has 2 N–H and O–H groups in total. The number of halogens is 2. The lowest BCUT2D eigenvalue weighted by molar-refractivity contribution is -0.384. The molecule has 8 heteroatoms. The lowest BCUT2D eigenvalue weighted by Crippen LogP contribution is -2.34. The van der Waals surface area contributed by atoms with E-state index >= 15 is 0 Å². The number of hydrogen-bond donors (Lipinski definition) is 2. The maximum atomic E-state index is 12.0. The average molecular weight is 507 g/mol. The summed E-state index contributed by atoms with van der Waals surface area (Å²) in [6.45, 7) is 2.36. The van der Waals surface area contributed by atoms with Crippen molar-refractivity contribution in [2.75, 3.05) is 24.5 Å². The Labute approximate surface area is 213 Å². The largest absolute Gasteiger partial charge is 0.366 e. The number of aromatic nitrogens is 1. The van der Waals surface area contributed by atoms with Crippen LogP contribution in [0.25, 0.3) is 10.9 Å². The van der Waals surface area contributed by atoms with Crippen molar-refractivity contribution in [2.24, 2.45) is 0 Å². The third kappa shape index (κ3) is 3.86. The number of anilines is 1. The average Bonchev–Trinajstić information content (AvgIpc) is 3.52. The molecule has 0 saturated carbocycles. The highest BCUT2D eigenvalue weighted by Crippen LogP contribution is 2.44. The van der Waals surface area contributed by atoms with Gasteiger partial charge in [0.05, 0.1) is 11.0 Å². The summed E-state index contributed by atoms with van der Waals surface area (Å²) in [6.07, 6.45) is 2.13. The van der Waals surface area contributed by atoms with Gasteiger partial charge in [0.2, 0.25) is 0 Å². The van der Waals surface area contributed by atoms with Gasteiger partial charge in [-0.05, 0) is 53.8 Å². The highest BCUT2D eigenvalue weighted by molar-refractivity contribution is 6.35. The number of nitrogens with zero attached hydrogens (tertiary/aromatic N) is 2. The third-order valence-corrected chi connectivity index (χ3v) is 7.82. The van der Waals surface area contributed by atoms with E-state index in [4.69, 9.17) is 23.2 Å². The molecule has 1 saturated heterocycles. The van der Waals surface area contributed by atoms with Gasteiger partial charge in [-0.25, -0.2) is 0 Å². The van der Waals surface area contributed by atoms with Crippen LogP contribution in [0, 0.1) is 10.1 Å². The molecule has 2 atom stereocenters. The predicted molar refractivity (Wildman–Crippen MR) is 141 cm³/mol. The Bertz CT molecular complexity index is 1440. The molecule has 3 heterocycles. The Hall–Kier alpha value is -3.06. The first kappa shape index (κ1) is 22.4. The van der Waals surface area contributed by atoms with Crippen molar-refractivity contribution in [2.45, 2.75) is 24.8 Å². The maximum Gasteiger partial charge on any atom is 0.292 e. The minimum Gasteiger partial charge on any atom is -0.366 e. The number of fused-ring (bicyclic) bond motifs is 3.